The summed E-state index contributed by atoms with van der Waals surface area (Å²) >= 11 is 5.56. The van der Waals surface area contributed by atoms with E-state index in [1.54, 1.807) is 19.3 Å². The first-order valence-electron chi connectivity index (χ1n) is 10.7. The van der Waals surface area contributed by atoms with Crippen LogP contribution in [0.2, 0.25) is 0 Å². The SMILES string of the molecule is CNc1ncc2cc(-c3c(C)ccc(C(=S)Nc4cccc(OC(C)C)c4)c3F)ccc2n1. The van der Waals surface area contributed by atoms with Crippen molar-refractivity contribution >= 4 is 39.7 Å². The lowest BCUT2D eigenvalue weighted by Gasteiger charge is -2.15. The summed E-state index contributed by atoms with van der Waals surface area (Å²) in [7, 11) is 1.77. The van der Waals surface area contributed by atoms with Crippen molar-refractivity contribution in [2.75, 3.05) is 17.7 Å². The van der Waals surface area contributed by atoms with E-state index in [4.69, 9.17) is 17.0 Å². The Morgan fingerprint density at radius 1 is 1.09 bits per heavy atom. The Hall–Kier alpha value is -3.58. The Kier molecular flexibility index (Phi) is 6.51. The molecule has 0 aliphatic rings. The van der Waals surface area contributed by atoms with Gasteiger partial charge in [-0.25, -0.2) is 14.4 Å². The van der Waals surface area contributed by atoms with Gasteiger partial charge in [0, 0.05) is 41.5 Å². The maximum absolute atomic E-state index is 15.7. The average molecular weight is 461 g/mol. The van der Waals surface area contributed by atoms with Gasteiger partial charge in [0.25, 0.3) is 0 Å². The van der Waals surface area contributed by atoms with E-state index in [1.165, 1.54) is 0 Å². The van der Waals surface area contributed by atoms with Gasteiger partial charge in [-0.15, -0.1) is 0 Å². The zero-order valence-corrected chi connectivity index (χ0v) is 19.8. The average Bonchev–Trinajstić information content (AvgIpc) is 2.78. The molecule has 0 saturated heterocycles. The zero-order chi connectivity index (χ0) is 23.5. The molecule has 0 radical (unpaired) electrons. The minimum Gasteiger partial charge on any atom is -0.491 e. The standard InChI is InChI=1S/C26H25FN4OS/c1-15(2)32-20-7-5-6-19(13-20)30-25(33)21-10-8-16(3)23(24(21)27)17-9-11-22-18(12-17)14-29-26(28-4)31-22/h5-15H,1-4H3,(H,30,33)(H,28,29,31). The van der Waals surface area contributed by atoms with Gasteiger partial charge >= 0.3 is 0 Å². The van der Waals surface area contributed by atoms with Crippen molar-refractivity contribution in [2.45, 2.75) is 26.9 Å². The number of fused-ring (bicyclic) bond motifs is 1. The smallest absolute Gasteiger partial charge is 0.222 e. The van der Waals surface area contributed by atoms with Gasteiger partial charge in [-0.1, -0.05) is 30.4 Å². The number of nitrogens with zero attached hydrogens (tertiary/aromatic N) is 2. The summed E-state index contributed by atoms with van der Waals surface area (Å²) in [6, 6.07) is 16.7. The van der Waals surface area contributed by atoms with Crippen molar-refractivity contribution in [3.63, 3.8) is 0 Å². The topological polar surface area (TPSA) is 59.1 Å². The summed E-state index contributed by atoms with van der Waals surface area (Å²) < 4.78 is 21.5. The molecule has 4 rings (SSSR count). The molecule has 0 spiro atoms. The van der Waals surface area contributed by atoms with E-state index in [1.807, 2.05) is 69.3 Å². The maximum atomic E-state index is 15.7. The Bertz CT molecular complexity index is 1340. The molecule has 2 N–H and O–H groups in total. The van der Waals surface area contributed by atoms with Crippen molar-refractivity contribution < 1.29 is 9.13 Å². The van der Waals surface area contributed by atoms with E-state index in [0.29, 0.717) is 22.1 Å². The Labute approximate surface area is 198 Å². The van der Waals surface area contributed by atoms with Crippen LogP contribution in [-0.4, -0.2) is 28.1 Å². The van der Waals surface area contributed by atoms with Crippen molar-refractivity contribution in [1.29, 1.82) is 0 Å². The van der Waals surface area contributed by atoms with Gasteiger partial charge < -0.3 is 15.4 Å². The van der Waals surface area contributed by atoms with Crippen LogP contribution < -0.4 is 15.4 Å². The number of hydrogen-bond acceptors (Lipinski definition) is 5. The molecule has 0 aliphatic heterocycles. The first-order valence-corrected chi connectivity index (χ1v) is 11.1. The molecule has 0 fully saturated rings. The second-order valence-electron chi connectivity index (χ2n) is 7.98. The number of rotatable bonds is 6. The molecule has 0 aliphatic carbocycles. The number of ether oxygens (including phenoxy) is 1. The molecule has 3 aromatic carbocycles. The fourth-order valence-electron chi connectivity index (χ4n) is 3.63. The monoisotopic (exact) mass is 460 g/mol. The number of nitrogens with one attached hydrogen (secondary N) is 2. The highest BCUT2D eigenvalue weighted by Gasteiger charge is 2.17. The lowest BCUT2D eigenvalue weighted by atomic mass is 9.96. The molecule has 4 aromatic rings. The van der Waals surface area contributed by atoms with Crippen LogP contribution in [0.3, 0.4) is 0 Å². The van der Waals surface area contributed by atoms with Crippen LogP contribution in [0.25, 0.3) is 22.0 Å². The lowest BCUT2D eigenvalue weighted by molar-refractivity contribution is 0.242. The Balaban J connectivity index is 1.67. The highest BCUT2D eigenvalue weighted by atomic mass is 32.1. The predicted octanol–water partition coefficient (Wildman–Crippen LogP) is 6.36. The number of halogens is 1. The third-order valence-electron chi connectivity index (χ3n) is 5.15. The molecule has 0 bridgehead atoms. The van der Waals surface area contributed by atoms with E-state index in [-0.39, 0.29) is 11.9 Å². The van der Waals surface area contributed by atoms with Crippen molar-refractivity contribution in [2.24, 2.45) is 0 Å². The fraction of sp³-hybridized carbons (Fsp3) is 0.192. The minimum atomic E-state index is -0.366. The van der Waals surface area contributed by atoms with Crippen LogP contribution in [0.1, 0.15) is 25.0 Å². The van der Waals surface area contributed by atoms with Crippen molar-refractivity contribution in [3.8, 4) is 16.9 Å². The quantitative estimate of drug-likeness (QED) is 0.327. The van der Waals surface area contributed by atoms with E-state index in [9.17, 15) is 0 Å². The van der Waals surface area contributed by atoms with Gasteiger partial charge in [-0.2, -0.15) is 0 Å². The summed E-state index contributed by atoms with van der Waals surface area (Å²) in [5.41, 5.74) is 3.93. The molecule has 1 heterocycles. The first kappa shape index (κ1) is 22.6. The molecule has 5 nitrogen and oxygen atoms in total. The van der Waals surface area contributed by atoms with Gasteiger partial charge in [-0.3, -0.25) is 0 Å². The Morgan fingerprint density at radius 3 is 2.67 bits per heavy atom. The second kappa shape index (κ2) is 9.50. The van der Waals surface area contributed by atoms with E-state index in [0.717, 1.165) is 33.5 Å². The number of hydrogen-bond donors (Lipinski definition) is 2. The van der Waals surface area contributed by atoms with Crippen LogP contribution >= 0.6 is 12.2 Å². The summed E-state index contributed by atoms with van der Waals surface area (Å²) in [4.78, 5) is 9.00. The van der Waals surface area contributed by atoms with Crippen LogP contribution in [0.4, 0.5) is 16.0 Å². The van der Waals surface area contributed by atoms with E-state index < -0.39 is 0 Å². The fourth-order valence-corrected chi connectivity index (χ4v) is 3.90. The third kappa shape index (κ3) is 4.93. The van der Waals surface area contributed by atoms with Crippen LogP contribution in [0.15, 0.2) is 60.8 Å². The summed E-state index contributed by atoms with van der Waals surface area (Å²) in [5.74, 6) is 0.899. The number of anilines is 2. The molecule has 0 atom stereocenters. The third-order valence-corrected chi connectivity index (χ3v) is 5.47. The largest absolute Gasteiger partial charge is 0.491 e. The van der Waals surface area contributed by atoms with Crippen molar-refractivity contribution in [1.82, 2.24) is 9.97 Å². The molecule has 0 unspecified atom stereocenters. The number of aromatic nitrogens is 2. The van der Waals surface area contributed by atoms with Gasteiger partial charge in [0.2, 0.25) is 5.95 Å². The lowest BCUT2D eigenvalue weighted by Crippen LogP contribution is -2.14. The van der Waals surface area contributed by atoms with Crippen LogP contribution in [0, 0.1) is 12.7 Å². The maximum Gasteiger partial charge on any atom is 0.222 e. The van der Waals surface area contributed by atoms with Gasteiger partial charge in [0.05, 0.1) is 11.6 Å². The molecular weight excluding hydrogens is 435 g/mol. The first-order chi connectivity index (χ1) is 15.9. The second-order valence-corrected chi connectivity index (χ2v) is 8.39. The van der Waals surface area contributed by atoms with Gasteiger partial charge in [-0.05, 0) is 62.2 Å². The molecule has 0 saturated carbocycles. The molecule has 168 valence electrons. The molecule has 0 amide bonds. The van der Waals surface area contributed by atoms with Crippen molar-refractivity contribution in [3.05, 3.63) is 77.7 Å². The van der Waals surface area contributed by atoms with E-state index in [2.05, 4.69) is 20.6 Å². The zero-order valence-electron chi connectivity index (χ0n) is 18.9. The molecule has 1 aromatic heterocycles. The van der Waals surface area contributed by atoms with Crippen LogP contribution in [0.5, 0.6) is 5.75 Å². The molecular formula is C26H25FN4OS. The van der Waals surface area contributed by atoms with Gasteiger partial charge in [0.15, 0.2) is 0 Å². The number of thiocarbonyl (C=S) groups is 1. The number of benzene rings is 3. The number of aryl methyl sites for hydroxylation is 1. The highest BCUT2D eigenvalue weighted by molar-refractivity contribution is 7.81. The summed E-state index contributed by atoms with van der Waals surface area (Å²) in [5, 5.41) is 6.89. The summed E-state index contributed by atoms with van der Waals surface area (Å²) in [6.45, 7) is 5.81. The Morgan fingerprint density at radius 2 is 1.91 bits per heavy atom. The normalized spacial score (nSPS) is 11.0. The highest BCUT2D eigenvalue weighted by Crippen LogP contribution is 2.31. The van der Waals surface area contributed by atoms with E-state index >= 15 is 4.39 Å². The predicted molar refractivity (Wildman–Crippen MR) is 137 cm³/mol. The minimum absolute atomic E-state index is 0.0569. The molecule has 7 heteroatoms. The van der Waals surface area contributed by atoms with Crippen LogP contribution in [-0.2, 0) is 0 Å². The van der Waals surface area contributed by atoms with Gasteiger partial charge in [0.1, 0.15) is 16.6 Å². The summed E-state index contributed by atoms with van der Waals surface area (Å²) in [6.07, 6.45) is 1.79. The molecule has 33 heavy (non-hydrogen) atoms.